The second kappa shape index (κ2) is 5.80. The normalized spacial score (nSPS) is 12.7. The minimum atomic E-state index is -0.156. The molecule has 0 radical (unpaired) electrons. The van der Waals surface area contributed by atoms with Crippen LogP contribution < -0.4 is 4.57 Å². The molecule has 0 saturated heterocycles. The number of nitrogens with zero attached hydrogens (tertiary/aromatic N) is 1. The molecule has 5 aromatic rings. The van der Waals surface area contributed by atoms with Gasteiger partial charge in [-0.2, -0.15) is 0 Å². The van der Waals surface area contributed by atoms with E-state index in [9.17, 15) is 4.39 Å². The van der Waals surface area contributed by atoms with Gasteiger partial charge in [0.2, 0.25) is 5.69 Å². The van der Waals surface area contributed by atoms with Crippen LogP contribution in [0.5, 0.6) is 0 Å². The van der Waals surface area contributed by atoms with E-state index in [0.717, 1.165) is 16.2 Å². The van der Waals surface area contributed by atoms with Crippen LogP contribution in [0.2, 0.25) is 0 Å². The van der Waals surface area contributed by atoms with Gasteiger partial charge in [-0.15, -0.1) is 0 Å². The van der Waals surface area contributed by atoms with Gasteiger partial charge in [0.1, 0.15) is 12.9 Å². The third kappa shape index (κ3) is 2.14. The van der Waals surface area contributed by atoms with Gasteiger partial charge in [0.05, 0.1) is 10.9 Å². The van der Waals surface area contributed by atoms with Crippen LogP contribution in [0.4, 0.5) is 4.39 Å². The molecule has 140 valence electrons. The highest BCUT2D eigenvalue weighted by atomic mass is 32.2. The van der Waals surface area contributed by atoms with E-state index in [-0.39, 0.29) is 5.82 Å². The third-order valence-corrected chi connectivity index (χ3v) is 7.55. The number of hydrogen-bond donors (Lipinski definition) is 0. The summed E-state index contributed by atoms with van der Waals surface area (Å²) in [7, 11) is 2.09. The van der Waals surface area contributed by atoms with Crippen molar-refractivity contribution in [2.24, 2.45) is 7.05 Å². The van der Waals surface area contributed by atoms with Crippen molar-refractivity contribution in [3.8, 4) is 11.3 Å². The maximum Gasteiger partial charge on any atom is 0.222 e. The highest BCUT2D eigenvalue weighted by Gasteiger charge is 2.31. The monoisotopic (exact) mass is 396 g/mol. The lowest BCUT2D eigenvalue weighted by Crippen LogP contribution is -2.32. The summed E-state index contributed by atoms with van der Waals surface area (Å²) in [5, 5.41) is 6.42. The van der Waals surface area contributed by atoms with Gasteiger partial charge in [-0.05, 0) is 53.3 Å². The Balaban J connectivity index is 1.88. The predicted molar refractivity (Wildman–Crippen MR) is 119 cm³/mol. The number of halogens is 1. The van der Waals surface area contributed by atoms with Crippen molar-refractivity contribution in [1.82, 2.24) is 0 Å². The lowest BCUT2D eigenvalue weighted by atomic mass is 9.90. The number of aryl methyl sites for hydroxylation is 3. The zero-order valence-electron chi connectivity index (χ0n) is 16.5. The van der Waals surface area contributed by atoms with Crippen molar-refractivity contribution in [2.45, 2.75) is 23.6 Å². The Morgan fingerprint density at radius 2 is 1.59 bits per heavy atom. The van der Waals surface area contributed by atoms with Crippen LogP contribution in [0, 0.1) is 19.7 Å². The van der Waals surface area contributed by atoms with Crippen LogP contribution >= 0.6 is 11.8 Å². The molecule has 2 heterocycles. The number of pyridine rings is 1. The topological polar surface area (TPSA) is 3.88 Å². The summed E-state index contributed by atoms with van der Waals surface area (Å²) in [4.78, 5) is 2.52. The van der Waals surface area contributed by atoms with E-state index in [1.807, 2.05) is 17.8 Å². The van der Waals surface area contributed by atoms with Gasteiger partial charge in [-0.3, -0.25) is 0 Å². The molecule has 1 aromatic heterocycles. The van der Waals surface area contributed by atoms with Crippen LogP contribution in [0.3, 0.4) is 0 Å². The second-order valence-electron chi connectivity index (χ2n) is 7.88. The van der Waals surface area contributed by atoms with Crippen LogP contribution in [0.15, 0.2) is 70.6 Å². The molecule has 1 aliphatic rings. The largest absolute Gasteiger partial charge is 0.222 e. The maximum absolute atomic E-state index is 14.8. The fourth-order valence-corrected chi connectivity index (χ4v) is 6.25. The van der Waals surface area contributed by atoms with E-state index >= 15 is 0 Å². The van der Waals surface area contributed by atoms with Crippen LogP contribution in [-0.2, 0) is 7.05 Å². The van der Waals surface area contributed by atoms with Gasteiger partial charge in [0, 0.05) is 26.6 Å². The van der Waals surface area contributed by atoms with E-state index in [4.69, 9.17) is 0 Å². The van der Waals surface area contributed by atoms with E-state index in [2.05, 4.69) is 68.1 Å². The van der Waals surface area contributed by atoms with E-state index in [0.29, 0.717) is 5.39 Å². The van der Waals surface area contributed by atoms with Crippen LogP contribution in [-0.4, -0.2) is 0 Å². The number of rotatable bonds is 0. The average Bonchev–Trinajstić information content (AvgIpc) is 2.73. The molecule has 0 spiro atoms. The predicted octanol–water partition coefficient (Wildman–Crippen LogP) is 6.86. The first-order valence-corrected chi connectivity index (χ1v) is 10.6. The highest BCUT2D eigenvalue weighted by molar-refractivity contribution is 8.00. The Morgan fingerprint density at radius 3 is 2.38 bits per heavy atom. The van der Waals surface area contributed by atoms with Gasteiger partial charge in [0.15, 0.2) is 6.20 Å². The molecule has 0 bridgehead atoms. The zero-order chi connectivity index (χ0) is 19.9. The van der Waals surface area contributed by atoms with Crippen molar-refractivity contribution in [3.05, 3.63) is 77.7 Å². The number of hydrogen-bond acceptors (Lipinski definition) is 1. The molecule has 1 nitrogen and oxygen atoms in total. The smallest absolute Gasteiger partial charge is 0.206 e. The Kier molecular flexibility index (Phi) is 3.40. The molecule has 1 aliphatic heterocycles. The Hall–Kier alpha value is -2.91. The van der Waals surface area contributed by atoms with Crippen molar-refractivity contribution in [3.63, 3.8) is 0 Å². The van der Waals surface area contributed by atoms with Crippen molar-refractivity contribution in [2.75, 3.05) is 0 Å². The summed E-state index contributed by atoms with van der Waals surface area (Å²) >= 11 is 1.82. The summed E-state index contributed by atoms with van der Waals surface area (Å²) in [6, 6.07) is 18.2. The molecule has 29 heavy (non-hydrogen) atoms. The summed E-state index contributed by atoms with van der Waals surface area (Å²) in [5.41, 5.74) is 5.06. The van der Waals surface area contributed by atoms with E-state index in [1.54, 1.807) is 12.1 Å². The number of benzene rings is 4. The fourth-order valence-electron chi connectivity index (χ4n) is 4.92. The third-order valence-electron chi connectivity index (χ3n) is 6.30. The average molecular weight is 397 g/mol. The first-order chi connectivity index (χ1) is 14.1. The molecule has 0 saturated carbocycles. The summed E-state index contributed by atoms with van der Waals surface area (Å²) in [6.45, 7) is 4.44. The van der Waals surface area contributed by atoms with Crippen LogP contribution in [0.25, 0.3) is 43.6 Å². The van der Waals surface area contributed by atoms with Gasteiger partial charge >= 0.3 is 0 Å². The molecule has 6 rings (SSSR count). The fraction of sp³-hybridized carbons (Fsp3) is 0.115. The van der Waals surface area contributed by atoms with Crippen LogP contribution in [0.1, 0.15) is 11.1 Å². The van der Waals surface area contributed by atoms with Gasteiger partial charge in [-0.1, -0.05) is 48.2 Å². The molecule has 0 amide bonds. The molecule has 0 atom stereocenters. The molecule has 0 aliphatic carbocycles. The Morgan fingerprint density at radius 1 is 0.828 bits per heavy atom. The highest BCUT2D eigenvalue weighted by Crippen LogP contribution is 2.52. The first kappa shape index (κ1) is 17.0. The van der Waals surface area contributed by atoms with Gasteiger partial charge in [-0.25, -0.2) is 8.96 Å². The molecule has 0 fully saturated rings. The van der Waals surface area contributed by atoms with Gasteiger partial charge in [0.25, 0.3) is 0 Å². The van der Waals surface area contributed by atoms with Crippen molar-refractivity contribution < 1.29 is 8.96 Å². The lowest BCUT2D eigenvalue weighted by molar-refractivity contribution is -0.659. The summed E-state index contributed by atoms with van der Waals surface area (Å²) in [5.74, 6) is -0.156. The summed E-state index contributed by atoms with van der Waals surface area (Å²) in [6.07, 6.45) is 2.07. The van der Waals surface area contributed by atoms with Crippen molar-refractivity contribution >= 4 is 44.1 Å². The summed E-state index contributed by atoms with van der Waals surface area (Å²) < 4.78 is 17.0. The standard InChI is InChI=1S/C26H19FNS/c1-14-17-8-4-5-9-18(17)15(2)26-22(14)25-24-19(11-12-28(25)3)23-16(13-21(24)29-26)7-6-10-20(23)27/h4-13H,1-3H3/q+1. The van der Waals surface area contributed by atoms with Crippen molar-refractivity contribution in [1.29, 1.82) is 0 Å². The van der Waals surface area contributed by atoms with E-state index < -0.39 is 0 Å². The number of aromatic nitrogens is 1. The molecule has 0 N–H and O–H groups in total. The molecular weight excluding hydrogens is 377 g/mol. The molecule has 3 heteroatoms. The quantitative estimate of drug-likeness (QED) is 0.200. The van der Waals surface area contributed by atoms with Gasteiger partial charge < -0.3 is 0 Å². The molecular formula is C26H19FNS+. The molecule has 4 aromatic carbocycles. The molecule has 0 unspecified atom stereocenters. The zero-order valence-corrected chi connectivity index (χ0v) is 17.3. The second-order valence-corrected chi connectivity index (χ2v) is 8.93. The SMILES string of the molecule is Cc1c2c(c(C)c3ccccc13)-c1c3c(cc4cccc(F)c4c3cc[n+]1C)S2. The van der Waals surface area contributed by atoms with E-state index in [1.165, 1.54) is 42.9 Å². The first-order valence-electron chi connectivity index (χ1n) is 9.80. The Bertz CT molecular complexity index is 1520. The maximum atomic E-state index is 14.8. The lowest BCUT2D eigenvalue weighted by Gasteiger charge is -2.24. The minimum absolute atomic E-state index is 0.156. The Labute approximate surface area is 172 Å². The number of fused-ring (bicyclic) bond motifs is 5. The minimum Gasteiger partial charge on any atom is -0.206 e.